The molecule has 2 aliphatic heterocycles. The van der Waals surface area contributed by atoms with Crippen LogP contribution in [0.2, 0.25) is 5.02 Å². The van der Waals surface area contributed by atoms with Crippen LogP contribution in [0.3, 0.4) is 0 Å². The number of hydrogen-bond acceptors (Lipinski definition) is 7. The predicted octanol–water partition coefficient (Wildman–Crippen LogP) is 4.83. The first-order valence-electron chi connectivity index (χ1n) is 15.1. The predicted molar refractivity (Wildman–Crippen MR) is 161 cm³/mol. The number of aryl methyl sites for hydroxylation is 2. The van der Waals surface area contributed by atoms with Gasteiger partial charge in [0, 0.05) is 31.5 Å². The van der Waals surface area contributed by atoms with Gasteiger partial charge in [0.05, 0.1) is 17.0 Å². The molecule has 9 nitrogen and oxygen atoms in total. The number of nitrogens with zero attached hydrogens (tertiary/aromatic N) is 3. The van der Waals surface area contributed by atoms with Gasteiger partial charge in [-0.3, -0.25) is 9.59 Å². The number of ether oxygens (including phenoxy) is 1. The maximum atomic E-state index is 13.4. The lowest BCUT2D eigenvalue weighted by molar-refractivity contribution is -0.134. The number of para-hydroxylation sites is 1. The lowest BCUT2D eigenvalue weighted by Crippen LogP contribution is -2.50. The Labute approximate surface area is 252 Å². The summed E-state index contributed by atoms with van der Waals surface area (Å²) in [5.41, 5.74) is 1.62. The van der Waals surface area contributed by atoms with Gasteiger partial charge in [-0.25, -0.2) is 0 Å². The highest BCUT2D eigenvalue weighted by atomic mass is 35.5. The molecule has 2 aliphatic rings. The zero-order valence-corrected chi connectivity index (χ0v) is 24.8. The van der Waals surface area contributed by atoms with Gasteiger partial charge in [0.25, 0.3) is 0 Å². The second-order valence-electron chi connectivity index (χ2n) is 11.2. The van der Waals surface area contributed by atoms with Crippen LogP contribution in [0.4, 0.5) is 0 Å². The summed E-state index contributed by atoms with van der Waals surface area (Å²) in [5, 5.41) is 10.7. The number of aromatic nitrogens is 2. The fourth-order valence-corrected chi connectivity index (χ4v) is 6.11. The summed E-state index contributed by atoms with van der Waals surface area (Å²) in [6.07, 6.45) is 7.46. The summed E-state index contributed by atoms with van der Waals surface area (Å²) in [6, 6.07) is 15.5. The number of likely N-dealkylation sites (tertiary alicyclic amines) is 1. The molecular weight excluding hydrogens is 554 g/mol. The van der Waals surface area contributed by atoms with E-state index in [0.717, 1.165) is 70.3 Å². The molecule has 224 valence electrons. The van der Waals surface area contributed by atoms with Crippen molar-refractivity contribution >= 4 is 23.4 Å². The third kappa shape index (κ3) is 7.89. The number of carbonyl (C=O) groups is 2. The lowest BCUT2D eigenvalue weighted by Gasteiger charge is -2.41. The van der Waals surface area contributed by atoms with Gasteiger partial charge in [-0.1, -0.05) is 59.9 Å². The number of nitrogens with one attached hydrogen (secondary N) is 2. The van der Waals surface area contributed by atoms with Crippen LogP contribution in [0.25, 0.3) is 11.4 Å². The molecule has 2 aromatic carbocycles. The minimum absolute atomic E-state index is 0.0556. The molecule has 2 amide bonds. The Morgan fingerprint density at radius 3 is 2.71 bits per heavy atom. The zero-order valence-electron chi connectivity index (χ0n) is 24.1. The molecule has 1 spiro atoms. The molecule has 1 aromatic heterocycles. The quantitative estimate of drug-likeness (QED) is 0.404. The monoisotopic (exact) mass is 593 g/mol. The highest BCUT2D eigenvalue weighted by Gasteiger charge is 2.40. The standard InChI is InChI=1S/C32H40ClN5O4/c33-26-11-5-4-10-25(26)30-36-29(42-37-30)14-13-28(39)34-18-22-38-20-16-32(17-21-38)15-7-1-2-8-24-9-3-6-12-27(24)41-23-19-35-31(32)40/h3-6,9-12H,1-2,7-8,13-23H2,(H,34,39)(H,35,40). The number of fused-ring (bicyclic) bond motifs is 1. The Bertz CT molecular complexity index is 1340. The lowest BCUT2D eigenvalue weighted by atomic mass is 9.73. The van der Waals surface area contributed by atoms with Gasteiger partial charge in [-0.15, -0.1) is 0 Å². The Hall–Kier alpha value is -3.43. The van der Waals surface area contributed by atoms with Gasteiger partial charge in [0.15, 0.2) is 0 Å². The van der Waals surface area contributed by atoms with Crippen molar-refractivity contribution in [2.75, 3.05) is 39.3 Å². The van der Waals surface area contributed by atoms with Gasteiger partial charge in [0.2, 0.25) is 23.5 Å². The summed E-state index contributed by atoms with van der Waals surface area (Å²) < 4.78 is 11.3. The highest BCUT2D eigenvalue weighted by Crippen LogP contribution is 2.37. The summed E-state index contributed by atoms with van der Waals surface area (Å²) >= 11 is 6.21. The second kappa shape index (κ2) is 14.6. The molecule has 1 fully saturated rings. The third-order valence-corrected chi connectivity index (χ3v) is 8.74. The van der Waals surface area contributed by atoms with E-state index in [4.69, 9.17) is 20.9 Å². The Kier molecular flexibility index (Phi) is 10.5. The van der Waals surface area contributed by atoms with Crippen LogP contribution in [-0.2, 0) is 22.4 Å². The average molecular weight is 594 g/mol. The van der Waals surface area contributed by atoms with Crippen LogP contribution in [0, 0.1) is 5.41 Å². The van der Waals surface area contributed by atoms with Crippen LogP contribution in [0.15, 0.2) is 53.1 Å². The van der Waals surface area contributed by atoms with Crippen molar-refractivity contribution in [3.05, 3.63) is 65.0 Å². The molecule has 5 rings (SSSR count). The van der Waals surface area contributed by atoms with Crippen molar-refractivity contribution in [3.63, 3.8) is 0 Å². The van der Waals surface area contributed by atoms with Gasteiger partial charge >= 0.3 is 0 Å². The Morgan fingerprint density at radius 2 is 1.86 bits per heavy atom. The Morgan fingerprint density at radius 1 is 1.05 bits per heavy atom. The second-order valence-corrected chi connectivity index (χ2v) is 11.6. The first-order valence-corrected chi connectivity index (χ1v) is 15.5. The van der Waals surface area contributed by atoms with Gasteiger partial charge < -0.3 is 24.8 Å². The van der Waals surface area contributed by atoms with Crippen LogP contribution < -0.4 is 15.4 Å². The van der Waals surface area contributed by atoms with Gasteiger partial charge in [0.1, 0.15) is 12.4 Å². The molecule has 42 heavy (non-hydrogen) atoms. The molecule has 0 aliphatic carbocycles. The number of amides is 2. The van der Waals surface area contributed by atoms with Gasteiger partial charge in [-0.2, -0.15) is 4.98 Å². The molecule has 0 saturated carbocycles. The SMILES string of the molecule is O=C(CCc1nc(-c2ccccc2Cl)no1)NCCN1CCC2(CCCCCc3ccccc3OCCNC2=O)CC1. The highest BCUT2D eigenvalue weighted by molar-refractivity contribution is 6.33. The minimum Gasteiger partial charge on any atom is -0.491 e. The molecule has 3 aromatic rings. The van der Waals surface area contributed by atoms with E-state index in [-0.39, 0.29) is 23.7 Å². The van der Waals surface area contributed by atoms with Crippen molar-refractivity contribution in [1.29, 1.82) is 0 Å². The summed E-state index contributed by atoms with van der Waals surface area (Å²) in [6.45, 7) is 3.99. The van der Waals surface area contributed by atoms with E-state index < -0.39 is 0 Å². The smallest absolute Gasteiger partial charge is 0.227 e. The number of piperidine rings is 1. The van der Waals surface area contributed by atoms with Crippen LogP contribution in [-0.4, -0.2) is 66.2 Å². The van der Waals surface area contributed by atoms with Crippen molar-refractivity contribution in [2.24, 2.45) is 5.41 Å². The van der Waals surface area contributed by atoms with Crippen LogP contribution >= 0.6 is 11.6 Å². The number of carbonyl (C=O) groups excluding carboxylic acids is 2. The van der Waals surface area contributed by atoms with Crippen LogP contribution in [0.5, 0.6) is 5.75 Å². The molecule has 1 saturated heterocycles. The third-order valence-electron chi connectivity index (χ3n) is 8.41. The average Bonchev–Trinajstić information content (AvgIpc) is 3.48. The maximum Gasteiger partial charge on any atom is 0.227 e. The Balaban J connectivity index is 1.03. The largest absolute Gasteiger partial charge is 0.491 e. The first-order chi connectivity index (χ1) is 20.5. The maximum absolute atomic E-state index is 13.4. The summed E-state index contributed by atoms with van der Waals surface area (Å²) in [5.74, 6) is 1.86. The number of rotatable bonds is 7. The van der Waals surface area contributed by atoms with Crippen LogP contribution in [0.1, 0.15) is 56.4 Å². The molecule has 10 heteroatoms. The summed E-state index contributed by atoms with van der Waals surface area (Å²) in [7, 11) is 0. The van der Waals surface area contributed by atoms with E-state index in [1.54, 1.807) is 6.07 Å². The fraction of sp³-hybridized carbons (Fsp3) is 0.500. The van der Waals surface area contributed by atoms with Crippen molar-refractivity contribution < 1.29 is 18.8 Å². The van der Waals surface area contributed by atoms with Crippen molar-refractivity contribution in [2.45, 2.75) is 57.8 Å². The van der Waals surface area contributed by atoms with Gasteiger partial charge in [-0.05, 0) is 69.0 Å². The number of benzene rings is 2. The minimum atomic E-state index is -0.326. The zero-order chi connectivity index (χ0) is 29.2. The molecule has 0 atom stereocenters. The van der Waals surface area contributed by atoms with Crippen molar-refractivity contribution in [3.8, 4) is 17.1 Å². The molecule has 0 bridgehead atoms. The molecule has 3 heterocycles. The van der Waals surface area contributed by atoms with E-state index in [1.807, 2.05) is 30.3 Å². The molecule has 0 unspecified atom stereocenters. The number of hydrogen-bond donors (Lipinski definition) is 2. The first kappa shape index (κ1) is 30.0. The van der Waals surface area contributed by atoms with E-state index in [1.165, 1.54) is 5.56 Å². The topological polar surface area (TPSA) is 110 Å². The van der Waals surface area contributed by atoms with Crippen molar-refractivity contribution in [1.82, 2.24) is 25.7 Å². The fourth-order valence-electron chi connectivity index (χ4n) is 5.89. The van der Waals surface area contributed by atoms with E-state index in [9.17, 15) is 9.59 Å². The molecule has 0 radical (unpaired) electrons. The van der Waals surface area contributed by atoms with E-state index in [2.05, 4.69) is 37.8 Å². The normalized spacial score (nSPS) is 18.1. The molecule has 2 N–H and O–H groups in total. The number of halogens is 1. The summed E-state index contributed by atoms with van der Waals surface area (Å²) in [4.78, 5) is 32.5. The molecular formula is C32H40ClN5O4. The van der Waals surface area contributed by atoms with E-state index >= 15 is 0 Å². The van der Waals surface area contributed by atoms with E-state index in [0.29, 0.717) is 48.4 Å².